The van der Waals surface area contributed by atoms with Crippen LogP contribution in [0.1, 0.15) is 30.3 Å². The molecule has 0 fully saturated rings. The molecule has 0 saturated carbocycles. The van der Waals surface area contributed by atoms with Crippen LogP contribution in [0.25, 0.3) is 0 Å². The molecule has 0 bridgehead atoms. The number of aryl methyl sites for hydroxylation is 1. The van der Waals surface area contributed by atoms with Gasteiger partial charge < -0.3 is 10.1 Å². The summed E-state index contributed by atoms with van der Waals surface area (Å²) >= 11 is 0. The number of hydrogen-bond donors (Lipinski definition) is 2. The van der Waals surface area contributed by atoms with Gasteiger partial charge in [0.05, 0.1) is 13.2 Å². The van der Waals surface area contributed by atoms with Crippen LogP contribution in [0, 0.1) is 6.92 Å². The molecule has 0 aliphatic rings. The summed E-state index contributed by atoms with van der Waals surface area (Å²) in [6, 6.07) is 8.54. The second kappa shape index (κ2) is 7.22. The lowest BCUT2D eigenvalue weighted by Crippen LogP contribution is -2.37. The van der Waals surface area contributed by atoms with E-state index in [1.54, 1.807) is 6.20 Å². The number of hydrogen-bond acceptors (Lipinski definition) is 3. The summed E-state index contributed by atoms with van der Waals surface area (Å²) in [5.41, 5.74) is 2.58. The van der Waals surface area contributed by atoms with Gasteiger partial charge in [0, 0.05) is 25.0 Å². The van der Waals surface area contributed by atoms with Gasteiger partial charge in [-0.1, -0.05) is 31.2 Å². The van der Waals surface area contributed by atoms with Gasteiger partial charge in [-0.25, -0.2) is 4.98 Å². The summed E-state index contributed by atoms with van der Waals surface area (Å²) in [6.07, 6.45) is 4.52. The fourth-order valence-electron chi connectivity index (χ4n) is 2.40. The van der Waals surface area contributed by atoms with Crippen LogP contribution < -0.4 is 0 Å². The van der Waals surface area contributed by atoms with E-state index in [0.717, 1.165) is 25.3 Å². The largest absolute Gasteiger partial charge is 0.395 e. The van der Waals surface area contributed by atoms with E-state index < -0.39 is 0 Å². The van der Waals surface area contributed by atoms with E-state index in [-0.39, 0.29) is 12.6 Å². The van der Waals surface area contributed by atoms with Crippen molar-refractivity contribution < 1.29 is 5.11 Å². The molecule has 1 aromatic heterocycles. The van der Waals surface area contributed by atoms with Gasteiger partial charge in [0.25, 0.3) is 0 Å². The standard InChI is InChI=1S/C16H23N3O/c1-3-15(12-20)19(11-16-17-8-9-18-16)10-14-7-5-4-6-13(14)2/h4-9,15,20H,3,10-12H2,1-2H3,(H,17,18). The minimum absolute atomic E-state index is 0.153. The Morgan fingerprint density at radius 2 is 2.10 bits per heavy atom. The SMILES string of the molecule is CCC(CO)N(Cc1ncc[nH]1)Cc1ccccc1C. The Kier molecular flexibility index (Phi) is 5.32. The van der Waals surface area contributed by atoms with Crippen molar-refractivity contribution in [2.24, 2.45) is 0 Å². The quantitative estimate of drug-likeness (QED) is 0.815. The molecule has 20 heavy (non-hydrogen) atoms. The third-order valence-electron chi connectivity index (χ3n) is 3.74. The second-order valence-electron chi connectivity index (χ2n) is 5.11. The van der Waals surface area contributed by atoms with Crippen molar-refractivity contribution in [2.45, 2.75) is 39.4 Å². The number of rotatable bonds is 7. The monoisotopic (exact) mass is 273 g/mol. The molecule has 0 saturated heterocycles. The number of benzene rings is 1. The van der Waals surface area contributed by atoms with Gasteiger partial charge in [0.15, 0.2) is 0 Å². The van der Waals surface area contributed by atoms with Crippen LogP contribution in [0.3, 0.4) is 0 Å². The van der Waals surface area contributed by atoms with Crippen LogP contribution in [-0.2, 0) is 13.1 Å². The maximum atomic E-state index is 9.60. The number of nitrogens with one attached hydrogen (secondary N) is 1. The molecule has 0 aliphatic carbocycles. The van der Waals surface area contributed by atoms with E-state index in [0.29, 0.717) is 0 Å². The van der Waals surface area contributed by atoms with Crippen molar-refractivity contribution in [3.05, 3.63) is 53.6 Å². The summed E-state index contributed by atoms with van der Waals surface area (Å²) in [5, 5.41) is 9.60. The minimum atomic E-state index is 0.153. The van der Waals surface area contributed by atoms with Crippen LogP contribution in [-0.4, -0.2) is 32.6 Å². The summed E-state index contributed by atoms with van der Waals surface area (Å²) in [6.45, 7) is 5.95. The summed E-state index contributed by atoms with van der Waals surface area (Å²) in [7, 11) is 0. The van der Waals surface area contributed by atoms with Crippen LogP contribution >= 0.6 is 0 Å². The molecule has 2 N–H and O–H groups in total. The van der Waals surface area contributed by atoms with Crippen molar-refractivity contribution in [3.63, 3.8) is 0 Å². The van der Waals surface area contributed by atoms with Gasteiger partial charge in [-0.05, 0) is 24.5 Å². The number of aromatic amines is 1. The Morgan fingerprint density at radius 3 is 2.70 bits per heavy atom. The molecule has 4 nitrogen and oxygen atoms in total. The molecule has 2 rings (SSSR count). The highest BCUT2D eigenvalue weighted by atomic mass is 16.3. The van der Waals surface area contributed by atoms with Crippen molar-refractivity contribution >= 4 is 0 Å². The molecule has 108 valence electrons. The summed E-state index contributed by atoms with van der Waals surface area (Å²) in [5.74, 6) is 0.936. The van der Waals surface area contributed by atoms with Crippen LogP contribution in [0.4, 0.5) is 0 Å². The zero-order chi connectivity index (χ0) is 14.4. The number of H-pyrrole nitrogens is 1. The molecule has 1 unspecified atom stereocenters. The molecular weight excluding hydrogens is 250 g/mol. The number of nitrogens with zero attached hydrogens (tertiary/aromatic N) is 2. The molecule has 1 heterocycles. The molecule has 1 atom stereocenters. The molecular formula is C16H23N3O. The van der Waals surface area contributed by atoms with E-state index in [4.69, 9.17) is 0 Å². The lowest BCUT2D eigenvalue weighted by Gasteiger charge is -2.29. The highest BCUT2D eigenvalue weighted by Gasteiger charge is 2.18. The van der Waals surface area contributed by atoms with Crippen molar-refractivity contribution in [1.82, 2.24) is 14.9 Å². The first-order valence-electron chi connectivity index (χ1n) is 7.12. The van der Waals surface area contributed by atoms with Gasteiger partial charge >= 0.3 is 0 Å². The first-order chi connectivity index (χ1) is 9.74. The Bertz CT molecular complexity index is 506. The van der Waals surface area contributed by atoms with Crippen molar-refractivity contribution in [1.29, 1.82) is 0 Å². The molecule has 2 aromatic rings. The first kappa shape index (κ1) is 14.8. The van der Waals surface area contributed by atoms with E-state index >= 15 is 0 Å². The lowest BCUT2D eigenvalue weighted by molar-refractivity contribution is 0.104. The zero-order valence-corrected chi connectivity index (χ0v) is 12.2. The number of aliphatic hydroxyl groups excluding tert-OH is 1. The van der Waals surface area contributed by atoms with Crippen LogP contribution in [0.15, 0.2) is 36.7 Å². The topological polar surface area (TPSA) is 52.1 Å². The maximum absolute atomic E-state index is 9.60. The van der Waals surface area contributed by atoms with Gasteiger partial charge in [-0.2, -0.15) is 0 Å². The summed E-state index contributed by atoms with van der Waals surface area (Å²) < 4.78 is 0. The van der Waals surface area contributed by atoms with Gasteiger partial charge in [-0.15, -0.1) is 0 Å². The molecule has 0 amide bonds. The third kappa shape index (κ3) is 3.68. The van der Waals surface area contributed by atoms with Crippen LogP contribution in [0.5, 0.6) is 0 Å². The molecule has 4 heteroatoms. The third-order valence-corrected chi connectivity index (χ3v) is 3.74. The Hall–Kier alpha value is -1.65. The van der Waals surface area contributed by atoms with Crippen LogP contribution in [0.2, 0.25) is 0 Å². The van der Waals surface area contributed by atoms with Gasteiger partial charge in [-0.3, -0.25) is 4.90 Å². The summed E-state index contributed by atoms with van der Waals surface area (Å²) in [4.78, 5) is 9.71. The maximum Gasteiger partial charge on any atom is 0.120 e. The minimum Gasteiger partial charge on any atom is -0.395 e. The molecule has 0 spiro atoms. The lowest BCUT2D eigenvalue weighted by atomic mass is 10.1. The smallest absolute Gasteiger partial charge is 0.120 e. The molecule has 1 aromatic carbocycles. The number of imidazole rings is 1. The predicted octanol–water partition coefficient (Wildman–Crippen LogP) is 2.49. The molecule has 0 radical (unpaired) electrons. The first-order valence-corrected chi connectivity index (χ1v) is 7.12. The Labute approximate surface area is 120 Å². The predicted molar refractivity (Wildman–Crippen MR) is 80.2 cm³/mol. The van der Waals surface area contributed by atoms with Gasteiger partial charge in [0.1, 0.15) is 5.82 Å². The van der Waals surface area contributed by atoms with Gasteiger partial charge in [0.2, 0.25) is 0 Å². The number of aromatic nitrogens is 2. The normalized spacial score (nSPS) is 12.8. The van der Waals surface area contributed by atoms with Crippen molar-refractivity contribution in [2.75, 3.05) is 6.61 Å². The zero-order valence-electron chi connectivity index (χ0n) is 12.2. The molecule has 0 aliphatic heterocycles. The average molecular weight is 273 g/mol. The van der Waals surface area contributed by atoms with E-state index in [2.05, 4.69) is 53.0 Å². The van der Waals surface area contributed by atoms with Crippen molar-refractivity contribution in [3.8, 4) is 0 Å². The van der Waals surface area contributed by atoms with E-state index in [9.17, 15) is 5.11 Å². The fraction of sp³-hybridized carbons (Fsp3) is 0.438. The average Bonchev–Trinajstić information content (AvgIpc) is 2.95. The second-order valence-corrected chi connectivity index (χ2v) is 5.11. The van der Waals surface area contributed by atoms with E-state index in [1.165, 1.54) is 11.1 Å². The fourth-order valence-corrected chi connectivity index (χ4v) is 2.40. The highest BCUT2D eigenvalue weighted by Crippen LogP contribution is 2.16. The highest BCUT2D eigenvalue weighted by molar-refractivity contribution is 5.25. The number of aliphatic hydroxyl groups is 1. The van der Waals surface area contributed by atoms with E-state index in [1.807, 2.05) is 6.20 Å². The Morgan fingerprint density at radius 1 is 1.30 bits per heavy atom. The Balaban J connectivity index is 2.15.